The average molecular weight is 301 g/mol. The number of carbonyl (C=O) groups is 1. The van der Waals surface area contributed by atoms with E-state index in [1.165, 1.54) is 12.3 Å². The molecule has 116 valence electrons. The van der Waals surface area contributed by atoms with Crippen molar-refractivity contribution in [2.24, 2.45) is 0 Å². The number of likely N-dealkylation sites (tertiary alicyclic amines) is 1. The molecule has 22 heavy (non-hydrogen) atoms. The Labute approximate surface area is 128 Å². The molecule has 1 fully saturated rings. The fourth-order valence-corrected chi connectivity index (χ4v) is 2.83. The Kier molecular flexibility index (Phi) is 4.39. The van der Waals surface area contributed by atoms with Crippen LogP contribution in [-0.4, -0.2) is 35.4 Å². The van der Waals surface area contributed by atoms with Gasteiger partial charge in [0.2, 0.25) is 0 Å². The molecule has 1 aliphatic heterocycles. The van der Waals surface area contributed by atoms with E-state index in [2.05, 4.69) is 15.2 Å². The Bertz CT molecular complexity index is 672. The largest absolute Gasteiger partial charge is 0.468 e. The molecule has 3 heterocycles. The van der Waals surface area contributed by atoms with Crippen molar-refractivity contribution in [3.05, 3.63) is 58.4 Å². The van der Waals surface area contributed by atoms with Gasteiger partial charge in [-0.15, -0.1) is 0 Å². The molecule has 1 atom stereocenters. The zero-order chi connectivity index (χ0) is 15.4. The number of amides is 1. The van der Waals surface area contributed by atoms with E-state index in [4.69, 9.17) is 4.42 Å². The zero-order valence-corrected chi connectivity index (χ0v) is 12.2. The number of furan rings is 1. The molecule has 6 nitrogen and oxygen atoms in total. The average Bonchev–Trinajstić information content (AvgIpc) is 3.21. The Morgan fingerprint density at radius 2 is 2.14 bits per heavy atom. The highest BCUT2D eigenvalue weighted by atomic mass is 16.3. The van der Waals surface area contributed by atoms with Crippen LogP contribution in [0.25, 0.3) is 0 Å². The summed E-state index contributed by atoms with van der Waals surface area (Å²) >= 11 is 0. The standard InChI is InChI=1S/C16H19N3O3/c20-15-12(5-3-7-17-15)16(21)18-11-13(14-6-4-10-22-14)19-8-1-2-9-19/h3-7,10,13H,1-2,8-9,11H2,(H,17,20)(H,18,21)/t13-/m1/s1. The number of H-pyrrole nitrogens is 1. The molecule has 0 radical (unpaired) electrons. The van der Waals surface area contributed by atoms with Crippen molar-refractivity contribution in [1.82, 2.24) is 15.2 Å². The highest BCUT2D eigenvalue weighted by molar-refractivity contribution is 5.93. The summed E-state index contributed by atoms with van der Waals surface area (Å²) in [7, 11) is 0. The van der Waals surface area contributed by atoms with Crippen LogP contribution in [0.4, 0.5) is 0 Å². The maximum atomic E-state index is 12.2. The van der Waals surface area contributed by atoms with Crippen LogP contribution in [-0.2, 0) is 0 Å². The summed E-state index contributed by atoms with van der Waals surface area (Å²) in [5, 5.41) is 2.84. The highest BCUT2D eigenvalue weighted by Gasteiger charge is 2.26. The molecule has 1 saturated heterocycles. The van der Waals surface area contributed by atoms with Gasteiger partial charge in [-0.1, -0.05) is 0 Å². The minimum atomic E-state index is -0.379. The lowest BCUT2D eigenvalue weighted by Crippen LogP contribution is -2.38. The molecule has 0 aliphatic carbocycles. The third-order valence-electron chi connectivity index (χ3n) is 3.97. The highest BCUT2D eigenvalue weighted by Crippen LogP contribution is 2.24. The molecular weight excluding hydrogens is 282 g/mol. The van der Waals surface area contributed by atoms with Crippen LogP contribution in [0.15, 0.2) is 45.9 Å². The Hall–Kier alpha value is -2.34. The lowest BCUT2D eigenvalue weighted by atomic mass is 10.2. The number of carbonyl (C=O) groups excluding carboxylic acids is 1. The molecule has 0 spiro atoms. The van der Waals surface area contributed by atoms with Crippen LogP contribution in [0, 0.1) is 0 Å². The number of aromatic amines is 1. The molecule has 2 aromatic heterocycles. The molecule has 6 heteroatoms. The number of hydrogen-bond acceptors (Lipinski definition) is 4. The number of rotatable bonds is 5. The first kappa shape index (κ1) is 14.6. The van der Waals surface area contributed by atoms with Crippen molar-refractivity contribution in [2.75, 3.05) is 19.6 Å². The van der Waals surface area contributed by atoms with E-state index in [-0.39, 0.29) is 23.1 Å². The summed E-state index contributed by atoms with van der Waals surface area (Å²) in [4.78, 5) is 28.6. The molecule has 0 bridgehead atoms. The van der Waals surface area contributed by atoms with Crippen LogP contribution < -0.4 is 10.9 Å². The summed E-state index contributed by atoms with van der Waals surface area (Å²) in [5.41, 5.74) is -0.252. The van der Waals surface area contributed by atoms with E-state index in [0.29, 0.717) is 6.54 Å². The molecule has 2 N–H and O–H groups in total. The van der Waals surface area contributed by atoms with Gasteiger partial charge in [0, 0.05) is 12.7 Å². The zero-order valence-electron chi connectivity index (χ0n) is 12.2. The van der Waals surface area contributed by atoms with E-state index in [1.807, 2.05) is 12.1 Å². The predicted molar refractivity (Wildman–Crippen MR) is 81.7 cm³/mol. The second kappa shape index (κ2) is 6.62. The Morgan fingerprint density at radius 1 is 1.32 bits per heavy atom. The molecular formula is C16H19N3O3. The maximum absolute atomic E-state index is 12.2. The van der Waals surface area contributed by atoms with Gasteiger partial charge >= 0.3 is 0 Å². The van der Waals surface area contributed by atoms with Crippen molar-refractivity contribution < 1.29 is 9.21 Å². The SMILES string of the molecule is O=C(NC[C@H](c1ccco1)N1CCCC1)c1ccc[nH]c1=O. The van der Waals surface area contributed by atoms with E-state index < -0.39 is 0 Å². The van der Waals surface area contributed by atoms with Crippen molar-refractivity contribution in [1.29, 1.82) is 0 Å². The summed E-state index contributed by atoms with van der Waals surface area (Å²) in [6.07, 6.45) is 5.46. The van der Waals surface area contributed by atoms with Crippen molar-refractivity contribution >= 4 is 5.91 Å². The fraction of sp³-hybridized carbons (Fsp3) is 0.375. The second-order valence-electron chi connectivity index (χ2n) is 5.40. The van der Waals surface area contributed by atoms with Crippen molar-refractivity contribution in [2.45, 2.75) is 18.9 Å². The van der Waals surface area contributed by atoms with Crippen LogP contribution >= 0.6 is 0 Å². The van der Waals surface area contributed by atoms with Crippen LogP contribution in [0.3, 0.4) is 0 Å². The third-order valence-corrected chi connectivity index (χ3v) is 3.97. The third kappa shape index (κ3) is 3.12. The van der Waals surface area contributed by atoms with Gasteiger partial charge in [0.15, 0.2) is 0 Å². The number of nitrogens with one attached hydrogen (secondary N) is 2. The van der Waals surface area contributed by atoms with Gasteiger partial charge in [-0.3, -0.25) is 14.5 Å². The quantitative estimate of drug-likeness (QED) is 0.878. The second-order valence-corrected chi connectivity index (χ2v) is 5.40. The molecule has 3 rings (SSSR count). The number of nitrogens with zero attached hydrogens (tertiary/aromatic N) is 1. The van der Waals surface area contributed by atoms with Gasteiger partial charge in [-0.25, -0.2) is 0 Å². The van der Waals surface area contributed by atoms with Gasteiger partial charge in [0.05, 0.1) is 12.3 Å². The summed E-state index contributed by atoms with van der Waals surface area (Å²) < 4.78 is 5.51. The minimum absolute atomic E-state index is 0.00393. The summed E-state index contributed by atoms with van der Waals surface area (Å²) in [6, 6.07) is 6.93. The molecule has 1 aliphatic rings. The maximum Gasteiger partial charge on any atom is 0.260 e. The fourth-order valence-electron chi connectivity index (χ4n) is 2.83. The Morgan fingerprint density at radius 3 is 2.82 bits per heavy atom. The predicted octanol–water partition coefficient (Wildman–Crippen LogP) is 1.53. The molecule has 0 unspecified atom stereocenters. The van der Waals surface area contributed by atoms with E-state index >= 15 is 0 Å². The van der Waals surface area contributed by atoms with Crippen molar-refractivity contribution in [3.63, 3.8) is 0 Å². The van der Waals surface area contributed by atoms with E-state index in [1.54, 1.807) is 12.3 Å². The van der Waals surface area contributed by atoms with Gasteiger partial charge in [-0.2, -0.15) is 0 Å². The molecule has 0 saturated carbocycles. The number of hydrogen-bond donors (Lipinski definition) is 2. The minimum Gasteiger partial charge on any atom is -0.468 e. The lowest BCUT2D eigenvalue weighted by molar-refractivity contribution is 0.0932. The lowest BCUT2D eigenvalue weighted by Gasteiger charge is -2.25. The van der Waals surface area contributed by atoms with Crippen LogP contribution in [0.1, 0.15) is 35.0 Å². The summed E-state index contributed by atoms with van der Waals surface area (Å²) in [6.45, 7) is 2.40. The van der Waals surface area contributed by atoms with Gasteiger partial charge in [-0.05, 0) is 50.2 Å². The molecule has 0 aromatic carbocycles. The first-order chi connectivity index (χ1) is 10.8. The topological polar surface area (TPSA) is 78.3 Å². The molecule has 2 aromatic rings. The van der Waals surface area contributed by atoms with E-state index in [0.717, 1.165) is 31.7 Å². The monoisotopic (exact) mass is 301 g/mol. The van der Waals surface area contributed by atoms with Gasteiger partial charge < -0.3 is 14.7 Å². The van der Waals surface area contributed by atoms with Gasteiger partial charge in [0.25, 0.3) is 11.5 Å². The summed E-state index contributed by atoms with van der Waals surface area (Å²) in [5.74, 6) is 0.474. The van der Waals surface area contributed by atoms with Crippen LogP contribution in [0.5, 0.6) is 0 Å². The number of pyridine rings is 1. The molecule has 1 amide bonds. The normalized spacial score (nSPS) is 16.5. The van der Waals surface area contributed by atoms with Crippen molar-refractivity contribution in [3.8, 4) is 0 Å². The van der Waals surface area contributed by atoms with E-state index in [9.17, 15) is 9.59 Å². The number of aromatic nitrogens is 1. The first-order valence-corrected chi connectivity index (χ1v) is 7.49. The van der Waals surface area contributed by atoms with Gasteiger partial charge in [0.1, 0.15) is 11.3 Å². The van der Waals surface area contributed by atoms with Crippen LogP contribution in [0.2, 0.25) is 0 Å². The Balaban J connectivity index is 1.70. The smallest absolute Gasteiger partial charge is 0.260 e. The first-order valence-electron chi connectivity index (χ1n) is 7.49.